The zero-order valence-corrected chi connectivity index (χ0v) is 14.0. The van der Waals surface area contributed by atoms with Crippen LogP contribution in [0.15, 0.2) is 48.5 Å². The van der Waals surface area contributed by atoms with Crippen molar-refractivity contribution >= 4 is 29.1 Å². The van der Waals surface area contributed by atoms with Crippen LogP contribution in [0.3, 0.4) is 0 Å². The predicted molar refractivity (Wildman–Crippen MR) is 90.2 cm³/mol. The van der Waals surface area contributed by atoms with Crippen LogP contribution >= 0.6 is 11.6 Å². The van der Waals surface area contributed by atoms with Crippen LogP contribution in [0.25, 0.3) is 0 Å². The van der Waals surface area contributed by atoms with Crippen molar-refractivity contribution in [2.75, 3.05) is 11.9 Å². The van der Waals surface area contributed by atoms with Crippen molar-refractivity contribution in [1.82, 2.24) is 5.32 Å². The van der Waals surface area contributed by atoms with E-state index in [9.17, 15) is 22.8 Å². The maximum Gasteiger partial charge on any atom is 0.573 e. The van der Waals surface area contributed by atoms with Crippen LogP contribution in [0.2, 0.25) is 5.02 Å². The summed E-state index contributed by atoms with van der Waals surface area (Å²) >= 11 is 5.73. The molecular weight excluding hydrogens is 373 g/mol. The van der Waals surface area contributed by atoms with Gasteiger partial charge in [-0.25, -0.2) is 0 Å². The Bertz CT molecular complexity index is 762. The van der Waals surface area contributed by atoms with Gasteiger partial charge in [0.25, 0.3) is 5.91 Å². The van der Waals surface area contributed by atoms with Gasteiger partial charge in [0.05, 0.1) is 0 Å². The van der Waals surface area contributed by atoms with Crippen LogP contribution < -0.4 is 15.4 Å². The minimum absolute atomic E-state index is 0.000131. The summed E-state index contributed by atoms with van der Waals surface area (Å²) in [5.74, 6) is -1.13. The van der Waals surface area contributed by atoms with Gasteiger partial charge >= 0.3 is 6.36 Å². The highest BCUT2D eigenvalue weighted by Gasteiger charge is 2.30. The van der Waals surface area contributed by atoms with Gasteiger partial charge in [0, 0.05) is 29.2 Å². The molecule has 0 aliphatic carbocycles. The molecule has 0 heterocycles. The second-order valence-corrected chi connectivity index (χ2v) is 5.57. The van der Waals surface area contributed by atoms with E-state index in [2.05, 4.69) is 15.4 Å². The third-order valence-corrected chi connectivity index (χ3v) is 3.37. The Labute approximate surface area is 152 Å². The van der Waals surface area contributed by atoms with Crippen LogP contribution in [0, 0.1) is 0 Å². The van der Waals surface area contributed by atoms with Crippen molar-refractivity contribution in [3.8, 4) is 5.75 Å². The third kappa shape index (κ3) is 6.64. The van der Waals surface area contributed by atoms with E-state index in [-0.39, 0.29) is 24.6 Å². The molecule has 2 N–H and O–H groups in total. The molecule has 2 rings (SSSR count). The summed E-state index contributed by atoms with van der Waals surface area (Å²) in [5, 5.41) is 5.60. The Morgan fingerprint density at radius 3 is 2.19 bits per heavy atom. The number of halogens is 4. The van der Waals surface area contributed by atoms with Crippen molar-refractivity contribution in [2.45, 2.75) is 12.8 Å². The molecule has 2 aromatic rings. The summed E-state index contributed by atoms with van der Waals surface area (Å²) in [6.45, 7) is 0.0998. The molecule has 0 fully saturated rings. The van der Waals surface area contributed by atoms with Crippen molar-refractivity contribution < 1.29 is 27.5 Å². The topological polar surface area (TPSA) is 67.4 Å². The van der Waals surface area contributed by atoms with E-state index in [0.717, 1.165) is 12.1 Å². The van der Waals surface area contributed by atoms with Gasteiger partial charge < -0.3 is 15.4 Å². The summed E-state index contributed by atoms with van der Waals surface area (Å²) < 4.78 is 39.9. The molecule has 0 saturated heterocycles. The molecule has 0 bridgehead atoms. The van der Waals surface area contributed by atoms with E-state index in [4.69, 9.17) is 11.6 Å². The molecule has 0 aliphatic heterocycles. The fourth-order valence-electron chi connectivity index (χ4n) is 1.96. The maximum atomic E-state index is 12.1. The number of hydrogen-bond donors (Lipinski definition) is 2. The van der Waals surface area contributed by atoms with E-state index in [1.807, 2.05) is 0 Å². The molecule has 0 saturated carbocycles. The number of rotatable bonds is 6. The van der Waals surface area contributed by atoms with E-state index >= 15 is 0 Å². The summed E-state index contributed by atoms with van der Waals surface area (Å²) in [6, 6.07) is 11.0. The van der Waals surface area contributed by atoms with Crippen LogP contribution in [-0.4, -0.2) is 24.7 Å². The monoisotopic (exact) mass is 386 g/mol. The van der Waals surface area contributed by atoms with Gasteiger partial charge in [0.15, 0.2) is 0 Å². The van der Waals surface area contributed by atoms with Gasteiger partial charge in [0.2, 0.25) is 5.91 Å². The van der Waals surface area contributed by atoms with Gasteiger partial charge in [-0.1, -0.05) is 11.6 Å². The first-order chi connectivity index (χ1) is 12.2. The molecular formula is C17H14ClF3N2O3. The number of ether oxygens (including phenoxy) is 1. The number of nitrogens with one attached hydrogen (secondary N) is 2. The van der Waals surface area contributed by atoms with E-state index in [1.54, 1.807) is 24.3 Å². The standard InChI is InChI=1S/C17H14ClF3N2O3/c18-12-3-1-11(2-4-12)16(25)22-10-9-15(24)23-13-5-7-14(8-6-13)26-17(19,20)21/h1-8H,9-10H2,(H,22,25)(H,23,24). The maximum absolute atomic E-state index is 12.1. The summed E-state index contributed by atoms with van der Waals surface area (Å²) in [4.78, 5) is 23.7. The molecule has 2 amide bonds. The van der Waals surface area contributed by atoms with Crippen molar-refractivity contribution in [3.05, 3.63) is 59.1 Å². The average molecular weight is 387 g/mol. The lowest BCUT2D eigenvalue weighted by molar-refractivity contribution is -0.274. The van der Waals surface area contributed by atoms with Crippen molar-refractivity contribution in [3.63, 3.8) is 0 Å². The number of carbonyl (C=O) groups is 2. The lowest BCUT2D eigenvalue weighted by Crippen LogP contribution is -2.27. The lowest BCUT2D eigenvalue weighted by Gasteiger charge is -2.10. The Kier molecular flexibility index (Phi) is 6.46. The van der Waals surface area contributed by atoms with Gasteiger partial charge in [-0.2, -0.15) is 0 Å². The number of anilines is 1. The number of alkyl halides is 3. The first kappa shape index (κ1) is 19.6. The quantitative estimate of drug-likeness (QED) is 0.788. The normalized spacial score (nSPS) is 10.9. The molecule has 0 atom stereocenters. The van der Waals surface area contributed by atoms with Crippen molar-refractivity contribution in [2.24, 2.45) is 0 Å². The number of benzene rings is 2. The van der Waals surface area contributed by atoms with Crippen LogP contribution in [0.4, 0.5) is 18.9 Å². The Hall–Kier alpha value is -2.74. The number of amides is 2. The smallest absolute Gasteiger partial charge is 0.406 e. The summed E-state index contributed by atoms with van der Waals surface area (Å²) in [5.41, 5.74) is 0.726. The zero-order chi connectivity index (χ0) is 19.2. The highest BCUT2D eigenvalue weighted by molar-refractivity contribution is 6.30. The number of hydrogen-bond acceptors (Lipinski definition) is 3. The van der Waals surface area contributed by atoms with Gasteiger partial charge in [-0.3, -0.25) is 9.59 Å². The van der Waals surface area contributed by atoms with Gasteiger partial charge in [0.1, 0.15) is 5.75 Å². The average Bonchev–Trinajstić information content (AvgIpc) is 2.56. The molecule has 0 aromatic heterocycles. The van der Waals surface area contributed by atoms with Crippen LogP contribution in [0.1, 0.15) is 16.8 Å². The fraction of sp³-hybridized carbons (Fsp3) is 0.176. The molecule has 138 valence electrons. The third-order valence-electron chi connectivity index (χ3n) is 3.12. The lowest BCUT2D eigenvalue weighted by atomic mass is 10.2. The summed E-state index contributed by atoms with van der Waals surface area (Å²) in [7, 11) is 0. The second-order valence-electron chi connectivity index (χ2n) is 5.13. The van der Waals surface area contributed by atoms with E-state index < -0.39 is 12.3 Å². The molecule has 9 heteroatoms. The van der Waals surface area contributed by atoms with E-state index in [1.165, 1.54) is 12.1 Å². The molecule has 0 aliphatic rings. The van der Waals surface area contributed by atoms with E-state index in [0.29, 0.717) is 16.3 Å². The summed E-state index contributed by atoms with van der Waals surface area (Å²) in [6.07, 6.45) is -4.77. The minimum atomic E-state index is -4.77. The molecule has 0 spiro atoms. The van der Waals surface area contributed by atoms with Gasteiger partial charge in [-0.05, 0) is 48.5 Å². The highest BCUT2D eigenvalue weighted by atomic mass is 35.5. The SMILES string of the molecule is O=C(CCNC(=O)c1ccc(Cl)cc1)Nc1ccc(OC(F)(F)F)cc1. The zero-order valence-electron chi connectivity index (χ0n) is 13.3. The molecule has 5 nitrogen and oxygen atoms in total. The van der Waals surface area contributed by atoms with Crippen LogP contribution in [-0.2, 0) is 4.79 Å². The first-order valence-corrected chi connectivity index (χ1v) is 7.80. The molecule has 26 heavy (non-hydrogen) atoms. The highest BCUT2D eigenvalue weighted by Crippen LogP contribution is 2.23. The van der Waals surface area contributed by atoms with Crippen LogP contribution in [0.5, 0.6) is 5.75 Å². The predicted octanol–water partition coefficient (Wildman–Crippen LogP) is 4.00. The largest absolute Gasteiger partial charge is 0.573 e. The molecule has 0 unspecified atom stereocenters. The Morgan fingerprint density at radius 1 is 1.00 bits per heavy atom. The first-order valence-electron chi connectivity index (χ1n) is 7.42. The van der Waals surface area contributed by atoms with Crippen molar-refractivity contribution in [1.29, 1.82) is 0 Å². The molecule has 0 radical (unpaired) electrons. The minimum Gasteiger partial charge on any atom is -0.406 e. The Balaban J connectivity index is 1.76. The Morgan fingerprint density at radius 2 is 1.62 bits per heavy atom. The second kappa shape index (κ2) is 8.57. The fourth-order valence-corrected chi connectivity index (χ4v) is 2.08. The molecule has 2 aromatic carbocycles. The number of carbonyl (C=O) groups excluding carboxylic acids is 2. The van der Waals surface area contributed by atoms with Gasteiger partial charge in [-0.15, -0.1) is 13.2 Å².